The molecule has 0 saturated carbocycles. The van der Waals surface area contributed by atoms with E-state index < -0.39 is 5.97 Å². The van der Waals surface area contributed by atoms with E-state index in [0.717, 1.165) is 0 Å². The van der Waals surface area contributed by atoms with E-state index in [0.29, 0.717) is 54.0 Å². The van der Waals surface area contributed by atoms with Gasteiger partial charge in [0.15, 0.2) is 5.65 Å². The van der Waals surface area contributed by atoms with Crippen LogP contribution in [0.5, 0.6) is 5.75 Å². The highest BCUT2D eigenvalue weighted by Gasteiger charge is 2.23. The molecule has 0 fully saturated rings. The summed E-state index contributed by atoms with van der Waals surface area (Å²) in [6.45, 7) is 6.66. The van der Waals surface area contributed by atoms with Gasteiger partial charge in [0, 0.05) is 13.0 Å². The third-order valence-electron chi connectivity index (χ3n) is 3.35. The molecule has 7 nitrogen and oxygen atoms in total. The number of hydrogen-bond donors (Lipinski definition) is 0. The Morgan fingerprint density at radius 2 is 2.17 bits per heavy atom. The van der Waals surface area contributed by atoms with Gasteiger partial charge in [0.2, 0.25) is 0 Å². The van der Waals surface area contributed by atoms with Gasteiger partial charge in [-0.25, -0.2) is 14.5 Å². The number of esters is 1. The van der Waals surface area contributed by atoms with Crippen molar-refractivity contribution in [1.29, 1.82) is 5.26 Å². The molecular weight excluding hydrogens is 296 g/mol. The molecule has 0 amide bonds. The number of fused-ring (bicyclic) bond motifs is 1. The van der Waals surface area contributed by atoms with Crippen LogP contribution in [0.1, 0.15) is 42.7 Å². The van der Waals surface area contributed by atoms with Gasteiger partial charge in [-0.05, 0) is 27.2 Å². The summed E-state index contributed by atoms with van der Waals surface area (Å²) in [6, 6.07) is 2.11. The Hall–Kier alpha value is -2.62. The van der Waals surface area contributed by atoms with E-state index in [9.17, 15) is 4.79 Å². The molecule has 2 heterocycles. The number of carbonyl (C=O) groups is 1. The highest BCUT2D eigenvalue weighted by atomic mass is 16.5. The lowest BCUT2D eigenvalue weighted by atomic mass is 10.1. The van der Waals surface area contributed by atoms with E-state index in [-0.39, 0.29) is 6.61 Å². The Bertz CT molecular complexity index is 746. The monoisotopic (exact) mass is 316 g/mol. The molecule has 0 aliphatic heterocycles. The van der Waals surface area contributed by atoms with Gasteiger partial charge >= 0.3 is 5.97 Å². The molecule has 0 radical (unpaired) electrons. The Morgan fingerprint density at radius 3 is 2.83 bits per heavy atom. The summed E-state index contributed by atoms with van der Waals surface area (Å²) in [5.74, 6) is 0.0139. The molecule has 23 heavy (non-hydrogen) atoms. The SMILES string of the molecule is CCOC(=O)c1c(C)nc2c(cnn2CCCC#N)c1OCC. The lowest BCUT2D eigenvalue weighted by Gasteiger charge is -2.13. The van der Waals surface area contributed by atoms with Crippen molar-refractivity contribution >= 4 is 17.0 Å². The fourth-order valence-electron chi connectivity index (χ4n) is 2.38. The van der Waals surface area contributed by atoms with Crippen molar-refractivity contribution in [3.8, 4) is 11.8 Å². The molecule has 0 saturated heterocycles. The van der Waals surface area contributed by atoms with E-state index in [2.05, 4.69) is 16.2 Å². The zero-order valence-corrected chi connectivity index (χ0v) is 13.6. The number of hydrogen-bond acceptors (Lipinski definition) is 6. The maximum Gasteiger partial charge on any atom is 0.343 e. The highest BCUT2D eigenvalue weighted by molar-refractivity contribution is 6.00. The average molecular weight is 316 g/mol. The molecule has 2 aromatic rings. The van der Waals surface area contributed by atoms with Gasteiger partial charge in [-0.15, -0.1) is 0 Å². The molecule has 0 bridgehead atoms. The molecule has 0 atom stereocenters. The van der Waals surface area contributed by atoms with E-state index in [1.807, 2.05) is 6.92 Å². The largest absolute Gasteiger partial charge is 0.492 e. The quantitative estimate of drug-likeness (QED) is 0.576. The van der Waals surface area contributed by atoms with Gasteiger partial charge in [0.1, 0.15) is 11.3 Å². The number of rotatable bonds is 7. The van der Waals surface area contributed by atoms with Crippen LogP contribution in [0, 0.1) is 18.3 Å². The number of ether oxygens (including phenoxy) is 2. The lowest BCUT2D eigenvalue weighted by Crippen LogP contribution is -2.12. The van der Waals surface area contributed by atoms with Crippen molar-refractivity contribution in [1.82, 2.24) is 14.8 Å². The van der Waals surface area contributed by atoms with Crippen LogP contribution in [-0.2, 0) is 11.3 Å². The molecule has 0 aliphatic rings. The van der Waals surface area contributed by atoms with Crippen LogP contribution in [0.25, 0.3) is 11.0 Å². The summed E-state index contributed by atoms with van der Waals surface area (Å²) in [5, 5.41) is 13.6. The lowest BCUT2D eigenvalue weighted by molar-refractivity contribution is 0.0521. The minimum Gasteiger partial charge on any atom is -0.492 e. The summed E-state index contributed by atoms with van der Waals surface area (Å²) < 4.78 is 12.5. The molecule has 0 aromatic carbocycles. The highest BCUT2D eigenvalue weighted by Crippen LogP contribution is 2.31. The van der Waals surface area contributed by atoms with Crippen LogP contribution in [-0.4, -0.2) is 33.9 Å². The minimum absolute atomic E-state index is 0.287. The molecule has 0 unspecified atom stereocenters. The van der Waals surface area contributed by atoms with Crippen molar-refractivity contribution in [3.05, 3.63) is 17.5 Å². The first-order chi connectivity index (χ1) is 11.1. The van der Waals surface area contributed by atoms with Gasteiger partial charge < -0.3 is 9.47 Å². The van der Waals surface area contributed by atoms with E-state index in [4.69, 9.17) is 14.7 Å². The Kier molecular flexibility index (Phi) is 5.52. The van der Waals surface area contributed by atoms with Gasteiger partial charge in [0.25, 0.3) is 0 Å². The summed E-state index contributed by atoms with van der Waals surface area (Å²) in [5.41, 5.74) is 1.54. The molecule has 122 valence electrons. The number of unbranched alkanes of at least 4 members (excludes halogenated alkanes) is 1. The average Bonchev–Trinajstić information content (AvgIpc) is 2.91. The zero-order valence-electron chi connectivity index (χ0n) is 13.6. The van der Waals surface area contributed by atoms with Crippen LogP contribution in [0.15, 0.2) is 6.20 Å². The minimum atomic E-state index is -0.444. The predicted octanol–water partition coefficient (Wildman–Crippen LogP) is 2.62. The van der Waals surface area contributed by atoms with Gasteiger partial charge in [0.05, 0.1) is 36.6 Å². The maximum absolute atomic E-state index is 12.2. The first-order valence-electron chi connectivity index (χ1n) is 7.67. The Morgan fingerprint density at radius 1 is 1.39 bits per heavy atom. The third-order valence-corrected chi connectivity index (χ3v) is 3.35. The van der Waals surface area contributed by atoms with Crippen molar-refractivity contribution in [2.24, 2.45) is 0 Å². The van der Waals surface area contributed by atoms with Crippen LogP contribution in [0.4, 0.5) is 0 Å². The van der Waals surface area contributed by atoms with Crippen molar-refractivity contribution in [2.75, 3.05) is 13.2 Å². The first kappa shape index (κ1) is 16.7. The van der Waals surface area contributed by atoms with E-state index >= 15 is 0 Å². The van der Waals surface area contributed by atoms with Crippen molar-refractivity contribution in [3.63, 3.8) is 0 Å². The molecule has 0 aliphatic carbocycles. The summed E-state index contributed by atoms with van der Waals surface area (Å²) >= 11 is 0. The second-order valence-electron chi connectivity index (χ2n) is 4.92. The number of nitriles is 1. The standard InChI is InChI=1S/C16H20N4O3/c1-4-22-14-12-10-18-20(9-7-6-8-17)15(12)19-11(3)13(14)16(21)23-5-2/h10H,4-7,9H2,1-3H3. The van der Waals surface area contributed by atoms with E-state index in [1.54, 1.807) is 24.7 Å². The molecule has 0 spiro atoms. The van der Waals surface area contributed by atoms with Crippen molar-refractivity contribution in [2.45, 2.75) is 40.2 Å². The van der Waals surface area contributed by atoms with Gasteiger partial charge in [-0.3, -0.25) is 0 Å². The van der Waals surface area contributed by atoms with Crippen LogP contribution in [0.3, 0.4) is 0 Å². The van der Waals surface area contributed by atoms with Crippen molar-refractivity contribution < 1.29 is 14.3 Å². The maximum atomic E-state index is 12.2. The predicted molar refractivity (Wildman–Crippen MR) is 84.2 cm³/mol. The van der Waals surface area contributed by atoms with Crippen LogP contribution < -0.4 is 4.74 Å². The first-order valence-corrected chi connectivity index (χ1v) is 7.67. The van der Waals surface area contributed by atoms with Gasteiger partial charge in [-0.2, -0.15) is 10.4 Å². The fourth-order valence-corrected chi connectivity index (χ4v) is 2.38. The normalized spacial score (nSPS) is 10.5. The fraction of sp³-hybridized carbons (Fsp3) is 0.500. The number of carbonyl (C=O) groups excluding carboxylic acids is 1. The molecular formula is C16H20N4O3. The van der Waals surface area contributed by atoms with Crippen LogP contribution in [0.2, 0.25) is 0 Å². The smallest absolute Gasteiger partial charge is 0.343 e. The molecule has 2 rings (SSSR count). The Balaban J connectivity index is 2.53. The molecule has 2 aromatic heterocycles. The second kappa shape index (κ2) is 7.58. The topological polar surface area (TPSA) is 90.0 Å². The van der Waals surface area contributed by atoms with Gasteiger partial charge in [-0.1, -0.05) is 0 Å². The number of aryl methyl sites for hydroxylation is 2. The zero-order chi connectivity index (χ0) is 16.8. The summed E-state index contributed by atoms with van der Waals surface area (Å²) in [6.07, 6.45) is 2.79. The summed E-state index contributed by atoms with van der Waals surface area (Å²) in [7, 11) is 0. The molecule has 0 N–H and O–H groups in total. The summed E-state index contributed by atoms with van der Waals surface area (Å²) in [4.78, 5) is 16.7. The third kappa shape index (κ3) is 3.42. The molecule has 7 heteroatoms. The second-order valence-corrected chi connectivity index (χ2v) is 4.92. The Labute approximate surface area is 134 Å². The number of pyridine rings is 1. The van der Waals surface area contributed by atoms with E-state index in [1.165, 1.54) is 0 Å². The number of nitrogens with zero attached hydrogens (tertiary/aromatic N) is 4. The van der Waals surface area contributed by atoms with Crippen LogP contribution >= 0.6 is 0 Å². The number of aromatic nitrogens is 3.